The molecule has 0 saturated heterocycles. The molecule has 3 rings (SSSR count). The molecule has 6 nitrogen and oxygen atoms in total. The van der Waals surface area contributed by atoms with Crippen LogP contribution < -0.4 is 10.1 Å². The Hall–Kier alpha value is -2.63. The number of rotatable bonds is 6. The molecule has 1 saturated carbocycles. The number of carbonyl (C=O) groups is 1. The van der Waals surface area contributed by atoms with Gasteiger partial charge in [0.2, 0.25) is 0 Å². The van der Waals surface area contributed by atoms with Crippen molar-refractivity contribution in [2.24, 2.45) is 0 Å². The molecular formula is C17H19N3O3. The summed E-state index contributed by atoms with van der Waals surface area (Å²) in [5.41, 5.74) is 1.33. The summed E-state index contributed by atoms with van der Waals surface area (Å²) in [5.74, 6) is 0.374. The monoisotopic (exact) mass is 313 g/mol. The van der Waals surface area contributed by atoms with E-state index in [9.17, 15) is 4.79 Å². The second-order valence-corrected chi connectivity index (χ2v) is 5.81. The number of nitrogens with zero attached hydrogens (tertiary/aromatic N) is 2. The van der Waals surface area contributed by atoms with Crippen LogP contribution in [0.15, 0.2) is 36.7 Å². The van der Waals surface area contributed by atoms with Gasteiger partial charge in [-0.15, -0.1) is 0 Å². The lowest BCUT2D eigenvalue weighted by atomic mass is 9.64. The quantitative estimate of drug-likeness (QED) is 0.853. The van der Waals surface area contributed by atoms with Crippen LogP contribution in [0, 0.1) is 0 Å². The third-order valence-electron chi connectivity index (χ3n) is 4.49. The van der Waals surface area contributed by atoms with E-state index in [-0.39, 0.29) is 11.1 Å². The van der Waals surface area contributed by atoms with Gasteiger partial charge in [-0.05, 0) is 30.5 Å². The molecule has 0 radical (unpaired) electrons. The predicted octanol–water partition coefficient (Wildman–Crippen LogP) is 2.72. The van der Waals surface area contributed by atoms with Crippen molar-refractivity contribution in [3.63, 3.8) is 0 Å². The molecule has 0 atom stereocenters. The van der Waals surface area contributed by atoms with Crippen molar-refractivity contribution in [1.29, 1.82) is 0 Å². The lowest BCUT2D eigenvalue weighted by Crippen LogP contribution is -2.41. The Morgan fingerprint density at radius 1 is 1.26 bits per heavy atom. The van der Waals surface area contributed by atoms with Crippen LogP contribution in [0.3, 0.4) is 0 Å². The molecule has 1 aliphatic carbocycles. The molecule has 6 heteroatoms. The van der Waals surface area contributed by atoms with E-state index in [0.29, 0.717) is 5.82 Å². The zero-order valence-electron chi connectivity index (χ0n) is 13.0. The van der Waals surface area contributed by atoms with E-state index >= 15 is 0 Å². The molecule has 23 heavy (non-hydrogen) atoms. The SMILES string of the molecule is COc1ccc(C2(CNc3cnc(C(=O)O)cn3)CCC2)cc1. The van der Waals surface area contributed by atoms with Gasteiger partial charge in [0.15, 0.2) is 5.69 Å². The topological polar surface area (TPSA) is 84.3 Å². The third kappa shape index (κ3) is 3.11. The molecule has 0 unspecified atom stereocenters. The second-order valence-electron chi connectivity index (χ2n) is 5.81. The molecule has 1 aromatic heterocycles. The summed E-state index contributed by atoms with van der Waals surface area (Å²) in [7, 11) is 1.66. The van der Waals surface area contributed by atoms with E-state index in [1.165, 1.54) is 24.4 Å². The standard InChI is InChI=1S/C17H19N3O3/c1-23-13-5-3-12(4-6-13)17(7-2-8-17)11-20-15-10-18-14(9-19-15)16(21)22/h3-6,9-10H,2,7-8,11H2,1H3,(H,19,20)(H,21,22). The first-order valence-corrected chi connectivity index (χ1v) is 7.57. The molecule has 0 spiro atoms. The number of aromatic carboxylic acids is 1. The van der Waals surface area contributed by atoms with E-state index in [0.717, 1.165) is 25.1 Å². The van der Waals surface area contributed by atoms with Crippen molar-refractivity contribution in [2.45, 2.75) is 24.7 Å². The van der Waals surface area contributed by atoms with Gasteiger partial charge in [0.25, 0.3) is 0 Å². The number of hydrogen-bond acceptors (Lipinski definition) is 5. The number of anilines is 1. The number of benzene rings is 1. The van der Waals surface area contributed by atoms with Crippen LogP contribution in [0.25, 0.3) is 0 Å². The first kappa shape index (κ1) is 15.3. The molecule has 1 fully saturated rings. The Balaban J connectivity index is 1.70. The minimum absolute atomic E-state index is 0.0518. The molecule has 2 aromatic rings. The summed E-state index contributed by atoms with van der Waals surface area (Å²) in [6, 6.07) is 8.19. The van der Waals surface area contributed by atoms with E-state index in [1.807, 2.05) is 12.1 Å². The third-order valence-corrected chi connectivity index (χ3v) is 4.49. The van der Waals surface area contributed by atoms with E-state index in [2.05, 4.69) is 27.4 Å². The van der Waals surface area contributed by atoms with Crippen LogP contribution in [0.1, 0.15) is 35.3 Å². The van der Waals surface area contributed by atoms with Crippen molar-refractivity contribution >= 4 is 11.8 Å². The van der Waals surface area contributed by atoms with Crippen LogP contribution in [0.2, 0.25) is 0 Å². The molecule has 120 valence electrons. The maximum Gasteiger partial charge on any atom is 0.356 e. The van der Waals surface area contributed by atoms with Crippen molar-refractivity contribution < 1.29 is 14.6 Å². The summed E-state index contributed by atoms with van der Waals surface area (Å²) >= 11 is 0. The van der Waals surface area contributed by atoms with Crippen LogP contribution >= 0.6 is 0 Å². The fourth-order valence-electron chi connectivity index (χ4n) is 2.91. The summed E-state index contributed by atoms with van der Waals surface area (Å²) in [6.07, 6.45) is 6.17. The van der Waals surface area contributed by atoms with Crippen molar-refractivity contribution in [2.75, 3.05) is 19.0 Å². The van der Waals surface area contributed by atoms with Crippen LogP contribution in [-0.2, 0) is 5.41 Å². The molecule has 0 bridgehead atoms. The summed E-state index contributed by atoms with van der Waals surface area (Å²) in [4.78, 5) is 18.8. The number of ether oxygens (including phenoxy) is 1. The van der Waals surface area contributed by atoms with Gasteiger partial charge in [-0.1, -0.05) is 18.6 Å². The highest BCUT2D eigenvalue weighted by atomic mass is 16.5. The number of carboxylic acid groups (broad SMARTS) is 1. The first-order valence-electron chi connectivity index (χ1n) is 7.57. The molecule has 1 heterocycles. The molecule has 2 N–H and O–H groups in total. The maximum absolute atomic E-state index is 10.8. The molecule has 1 aromatic carbocycles. The minimum atomic E-state index is -1.07. The predicted molar refractivity (Wildman–Crippen MR) is 86.0 cm³/mol. The zero-order valence-corrected chi connectivity index (χ0v) is 13.0. The van der Waals surface area contributed by atoms with E-state index < -0.39 is 5.97 Å². The van der Waals surface area contributed by atoms with E-state index in [1.54, 1.807) is 7.11 Å². The fourth-order valence-corrected chi connectivity index (χ4v) is 2.91. The highest BCUT2D eigenvalue weighted by Gasteiger charge is 2.38. The molecule has 1 aliphatic rings. The average molecular weight is 313 g/mol. The lowest BCUT2D eigenvalue weighted by molar-refractivity contribution is 0.0690. The average Bonchev–Trinajstić information content (AvgIpc) is 2.55. The summed E-state index contributed by atoms with van der Waals surface area (Å²) in [6.45, 7) is 0.750. The van der Waals surface area contributed by atoms with Gasteiger partial charge in [0.05, 0.1) is 19.5 Å². The van der Waals surface area contributed by atoms with Crippen LogP contribution in [0.4, 0.5) is 5.82 Å². The normalized spacial score (nSPS) is 15.5. The van der Waals surface area contributed by atoms with Crippen molar-refractivity contribution in [3.05, 3.63) is 47.9 Å². The molecular weight excluding hydrogens is 294 g/mol. The van der Waals surface area contributed by atoms with Gasteiger partial charge in [0, 0.05) is 12.0 Å². The van der Waals surface area contributed by atoms with Gasteiger partial charge in [-0.2, -0.15) is 0 Å². The van der Waals surface area contributed by atoms with E-state index in [4.69, 9.17) is 9.84 Å². The Morgan fingerprint density at radius 2 is 2.00 bits per heavy atom. The Labute approximate surface area is 134 Å². The van der Waals surface area contributed by atoms with Gasteiger partial charge >= 0.3 is 5.97 Å². The minimum Gasteiger partial charge on any atom is -0.497 e. The van der Waals surface area contributed by atoms with Gasteiger partial charge < -0.3 is 15.2 Å². The van der Waals surface area contributed by atoms with Crippen molar-refractivity contribution in [3.8, 4) is 5.75 Å². The second kappa shape index (κ2) is 6.24. The number of nitrogens with one attached hydrogen (secondary N) is 1. The van der Waals surface area contributed by atoms with Gasteiger partial charge in [0.1, 0.15) is 11.6 Å². The van der Waals surface area contributed by atoms with Crippen LogP contribution in [-0.4, -0.2) is 34.7 Å². The maximum atomic E-state index is 10.8. The molecule has 0 aliphatic heterocycles. The highest BCUT2D eigenvalue weighted by molar-refractivity contribution is 5.84. The lowest BCUT2D eigenvalue weighted by Gasteiger charge is -2.42. The largest absolute Gasteiger partial charge is 0.497 e. The number of aromatic nitrogens is 2. The highest BCUT2D eigenvalue weighted by Crippen LogP contribution is 2.44. The van der Waals surface area contributed by atoms with Crippen molar-refractivity contribution in [1.82, 2.24) is 9.97 Å². The first-order chi connectivity index (χ1) is 11.1. The smallest absolute Gasteiger partial charge is 0.356 e. The Bertz CT molecular complexity index is 679. The summed E-state index contributed by atoms with van der Waals surface area (Å²) in [5, 5.41) is 12.1. The number of carboxylic acids is 1. The van der Waals surface area contributed by atoms with Gasteiger partial charge in [-0.3, -0.25) is 0 Å². The Morgan fingerprint density at radius 3 is 2.48 bits per heavy atom. The Kier molecular flexibility index (Phi) is 4.14. The van der Waals surface area contributed by atoms with Crippen LogP contribution in [0.5, 0.6) is 5.75 Å². The fraction of sp³-hybridized carbons (Fsp3) is 0.353. The number of methoxy groups -OCH3 is 1. The van der Waals surface area contributed by atoms with Gasteiger partial charge in [-0.25, -0.2) is 14.8 Å². The zero-order chi connectivity index (χ0) is 16.3. The summed E-state index contributed by atoms with van der Waals surface area (Å²) < 4.78 is 5.21. The number of hydrogen-bond donors (Lipinski definition) is 2. The molecule has 0 amide bonds.